The third kappa shape index (κ3) is 4.08. The van der Waals surface area contributed by atoms with Crippen molar-refractivity contribution in [1.82, 2.24) is 15.2 Å². The molecule has 28 heavy (non-hydrogen) atoms. The zero-order valence-electron chi connectivity index (χ0n) is 15.1. The molecule has 3 heterocycles. The molecule has 1 amide bonds. The van der Waals surface area contributed by atoms with Crippen LogP contribution in [0.25, 0.3) is 11.1 Å². The normalized spacial score (nSPS) is 13.1. The Bertz CT molecular complexity index is 1010. The molecule has 4 rings (SSSR count). The van der Waals surface area contributed by atoms with E-state index in [9.17, 15) is 4.79 Å². The van der Waals surface area contributed by atoms with Crippen molar-refractivity contribution in [3.8, 4) is 11.1 Å². The maximum absolute atomic E-state index is 12.2. The first-order chi connectivity index (χ1) is 13.6. The van der Waals surface area contributed by atoms with Crippen LogP contribution in [0.15, 0.2) is 54.9 Å². The van der Waals surface area contributed by atoms with Gasteiger partial charge in [0, 0.05) is 43.2 Å². The van der Waals surface area contributed by atoms with E-state index in [1.54, 1.807) is 24.5 Å². The molecule has 0 radical (unpaired) electrons. The first-order valence-electron chi connectivity index (χ1n) is 9.02. The van der Waals surface area contributed by atoms with Crippen molar-refractivity contribution in [3.05, 3.63) is 75.2 Å². The molecule has 0 atom stereocenters. The zero-order chi connectivity index (χ0) is 19.5. The van der Waals surface area contributed by atoms with Gasteiger partial charge in [-0.1, -0.05) is 35.9 Å². The fourth-order valence-corrected chi connectivity index (χ4v) is 3.95. The monoisotopic (exact) mass is 410 g/mol. The quantitative estimate of drug-likeness (QED) is 0.483. The minimum absolute atomic E-state index is 0.142. The SMILES string of the molecule is N=C(c1ccc(-c2cncc(CNC(=O)c3ccc(Cl)s3)c2)cc1)N1CCC1. The minimum atomic E-state index is -0.142. The van der Waals surface area contributed by atoms with Crippen molar-refractivity contribution in [2.75, 3.05) is 13.1 Å². The number of amidine groups is 1. The lowest BCUT2D eigenvalue weighted by Gasteiger charge is -2.33. The van der Waals surface area contributed by atoms with Crippen molar-refractivity contribution in [2.45, 2.75) is 13.0 Å². The Morgan fingerprint density at radius 1 is 1.14 bits per heavy atom. The van der Waals surface area contributed by atoms with E-state index in [0.29, 0.717) is 21.6 Å². The summed E-state index contributed by atoms with van der Waals surface area (Å²) in [5.74, 6) is 0.442. The molecular formula is C21H19ClN4OS. The Morgan fingerprint density at radius 2 is 1.93 bits per heavy atom. The first-order valence-corrected chi connectivity index (χ1v) is 10.2. The second-order valence-electron chi connectivity index (χ2n) is 6.63. The van der Waals surface area contributed by atoms with Crippen LogP contribution < -0.4 is 5.32 Å². The van der Waals surface area contributed by atoms with Crippen molar-refractivity contribution in [3.63, 3.8) is 0 Å². The van der Waals surface area contributed by atoms with Crippen LogP contribution >= 0.6 is 22.9 Å². The predicted octanol–water partition coefficient (Wildman–Crippen LogP) is 4.42. The largest absolute Gasteiger partial charge is 0.356 e. The molecule has 2 aromatic heterocycles. The van der Waals surface area contributed by atoms with Crippen molar-refractivity contribution in [1.29, 1.82) is 5.41 Å². The highest BCUT2D eigenvalue weighted by molar-refractivity contribution is 7.17. The summed E-state index contributed by atoms with van der Waals surface area (Å²) < 4.78 is 0.597. The van der Waals surface area contributed by atoms with Crippen LogP contribution in [0.3, 0.4) is 0 Å². The lowest BCUT2D eigenvalue weighted by atomic mass is 10.0. The maximum atomic E-state index is 12.2. The molecule has 7 heteroatoms. The molecule has 2 N–H and O–H groups in total. The number of halogens is 1. The number of carbonyl (C=O) groups excluding carboxylic acids is 1. The molecule has 1 fully saturated rings. The Hall–Kier alpha value is -2.70. The summed E-state index contributed by atoms with van der Waals surface area (Å²) in [5.41, 5.74) is 3.86. The molecule has 5 nitrogen and oxygen atoms in total. The van der Waals surface area contributed by atoms with Crippen LogP contribution in [0, 0.1) is 5.41 Å². The summed E-state index contributed by atoms with van der Waals surface area (Å²) in [7, 11) is 0. The Kier molecular flexibility index (Phi) is 5.41. The highest BCUT2D eigenvalue weighted by atomic mass is 35.5. The number of aromatic nitrogens is 1. The summed E-state index contributed by atoms with van der Waals surface area (Å²) in [6.45, 7) is 2.33. The van der Waals surface area contributed by atoms with Crippen LogP contribution in [0.1, 0.15) is 27.2 Å². The van der Waals surface area contributed by atoms with E-state index in [1.807, 2.05) is 30.3 Å². The van der Waals surface area contributed by atoms with Gasteiger partial charge < -0.3 is 10.2 Å². The summed E-state index contributed by atoms with van der Waals surface area (Å²) >= 11 is 7.14. The van der Waals surface area contributed by atoms with E-state index < -0.39 is 0 Å². The van der Waals surface area contributed by atoms with Gasteiger partial charge in [-0.3, -0.25) is 15.2 Å². The fourth-order valence-electron chi connectivity index (χ4n) is 2.99. The number of hydrogen-bond acceptors (Lipinski definition) is 4. The fraction of sp³-hybridized carbons (Fsp3) is 0.190. The molecule has 0 bridgehead atoms. The number of pyridine rings is 1. The van der Waals surface area contributed by atoms with Gasteiger partial charge in [-0.15, -0.1) is 11.3 Å². The van der Waals surface area contributed by atoms with Gasteiger partial charge in [-0.2, -0.15) is 0 Å². The number of nitrogens with zero attached hydrogens (tertiary/aromatic N) is 2. The third-order valence-electron chi connectivity index (χ3n) is 4.71. The summed E-state index contributed by atoms with van der Waals surface area (Å²) in [6, 6.07) is 13.4. The highest BCUT2D eigenvalue weighted by Gasteiger charge is 2.18. The summed E-state index contributed by atoms with van der Waals surface area (Å²) in [6.07, 6.45) is 4.72. The Morgan fingerprint density at radius 3 is 2.57 bits per heavy atom. The average molecular weight is 411 g/mol. The number of amides is 1. The number of hydrogen-bond donors (Lipinski definition) is 2. The van der Waals surface area contributed by atoms with E-state index in [4.69, 9.17) is 17.0 Å². The molecule has 0 unspecified atom stereocenters. The molecular weight excluding hydrogens is 392 g/mol. The number of nitrogens with one attached hydrogen (secondary N) is 2. The van der Waals surface area contributed by atoms with Crippen molar-refractivity contribution >= 4 is 34.7 Å². The number of thiophene rings is 1. The first kappa shape index (κ1) is 18.7. The lowest BCUT2D eigenvalue weighted by molar-refractivity contribution is 0.0955. The molecule has 1 aliphatic rings. The molecule has 1 aromatic carbocycles. The van der Waals surface area contributed by atoms with Crippen molar-refractivity contribution in [2.24, 2.45) is 0 Å². The maximum Gasteiger partial charge on any atom is 0.261 e. The summed E-state index contributed by atoms with van der Waals surface area (Å²) in [4.78, 5) is 19.1. The Labute approximate surface area is 172 Å². The molecule has 1 aliphatic heterocycles. The highest BCUT2D eigenvalue weighted by Crippen LogP contribution is 2.23. The smallest absolute Gasteiger partial charge is 0.261 e. The van der Waals surface area contributed by atoms with E-state index in [2.05, 4.69) is 15.2 Å². The molecule has 0 aliphatic carbocycles. The van der Waals surface area contributed by atoms with Gasteiger partial charge in [0.05, 0.1) is 9.21 Å². The van der Waals surface area contributed by atoms with Gasteiger partial charge >= 0.3 is 0 Å². The molecule has 142 valence electrons. The molecule has 0 saturated carbocycles. The Balaban J connectivity index is 1.43. The van der Waals surface area contributed by atoms with Crippen LogP contribution in [-0.4, -0.2) is 34.7 Å². The lowest BCUT2D eigenvalue weighted by Crippen LogP contribution is -2.42. The average Bonchev–Trinajstić information content (AvgIpc) is 3.11. The molecule has 3 aromatic rings. The second kappa shape index (κ2) is 8.12. The minimum Gasteiger partial charge on any atom is -0.356 e. The van der Waals surface area contributed by atoms with Crippen LogP contribution in [-0.2, 0) is 6.54 Å². The van der Waals surface area contributed by atoms with E-state index in [0.717, 1.165) is 41.8 Å². The zero-order valence-corrected chi connectivity index (χ0v) is 16.7. The number of rotatable bonds is 5. The van der Waals surface area contributed by atoms with Crippen LogP contribution in [0.2, 0.25) is 4.34 Å². The predicted molar refractivity (Wildman–Crippen MR) is 113 cm³/mol. The number of likely N-dealkylation sites (tertiary alicyclic amines) is 1. The number of carbonyl (C=O) groups is 1. The second-order valence-corrected chi connectivity index (χ2v) is 8.35. The standard InChI is InChI=1S/C21H19ClN4OS/c22-19-7-6-18(28-19)21(27)25-12-14-10-17(13-24-11-14)15-2-4-16(5-3-15)20(23)26-8-1-9-26/h2-7,10-11,13,23H,1,8-9,12H2,(H,25,27). The van der Waals surface area contributed by atoms with Crippen LogP contribution in [0.4, 0.5) is 0 Å². The molecule has 1 saturated heterocycles. The topological polar surface area (TPSA) is 69.1 Å². The summed E-state index contributed by atoms with van der Waals surface area (Å²) in [5, 5.41) is 11.1. The van der Waals surface area contributed by atoms with Gasteiger partial charge in [0.1, 0.15) is 5.84 Å². The van der Waals surface area contributed by atoms with E-state index in [1.165, 1.54) is 11.3 Å². The van der Waals surface area contributed by atoms with E-state index >= 15 is 0 Å². The van der Waals surface area contributed by atoms with Crippen LogP contribution in [0.5, 0.6) is 0 Å². The molecule has 0 spiro atoms. The van der Waals surface area contributed by atoms with Gasteiger partial charge in [0.15, 0.2) is 0 Å². The third-order valence-corrected chi connectivity index (χ3v) is 5.94. The number of benzene rings is 1. The van der Waals surface area contributed by atoms with Gasteiger partial charge in [-0.25, -0.2) is 0 Å². The van der Waals surface area contributed by atoms with Gasteiger partial charge in [0.25, 0.3) is 5.91 Å². The van der Waals surface area contributed by atoms with Gasteiger partial charge in [-0.05, 0) is 35.7 Å². The van der Waals surface area contributed by atoms with E-state index in [-0.39, 0.29) is 5.91 Å². The van der Waals surface area contributed by atoms with Crippen molar-refractivity contribution < 1.29 is 4.79 Å². The van der Waals surface area contributed by atoms with Gasteiger partial charge in [0.2, 0.25) is 0 Å².